The highest BCUT2D eigenvalue weighted by Gasteiger charge is 2.20. The molecule has 0 bridgehead atoms. The number of nitrogens with two attached hydrogens (primary N) is 1. The number of amides is 1. The standard InChI is InChI=1S/C15H23N3O/c16-14(10-12-6-2-1-3-7-12)15(19)18-11-13-8-4-5-9-17-13/h4-5,8-9,12,14H,1-3,6-7,10-11,16H2,(H,18,19). The first-order chi connectivity index (χ1) is 9.25. The lowest BCUT2D eigenvalue weighted by molar-refractivity contribution is -0.123. The molecule has 104 valence electrons. The zero-order valence-electron chi connectivity index (χ0n) is 11.3. The summed E-state index contributed by atoms with van der Waals surface area (Å²) >= 11 is 0. The van der Waals surface area contributed by atoms with Crippen molar-refractivity contribution < 1.29 is 4.79 Å². The molecule has 1 atom stereocenters. The predicted molar refractivity (Wildman–Crippen MR) is 75.3 cm³/mol. The summed E-state index contributed by atoms with van der Waals surface area (Å²) in [6.45, 7) is 0.456. The Morgan fingerprint density at radius 3 is 2.84 bits per heavy atom. The van der Waals surface area contributed by atoms with Crippen LogP contribution in [-0.4, -0.2) is 16.9 Å². The van der Waals surface area contributed by atoms with Gasteiger partial charge >= 0.3 is 0 Å². The zero-order valence-corrected chi connectivity index (χ0v) is 11.3. The number of carbonyl (C=O) groups excluding carboxylic acids is 1. The molecule has 1 unspecified atom stereocenters. The number of hydrogen-bond donors (Lipinski definition) is 2. The Morgan fingerprint density at radius 1 is 1.37 bits per heavy atom. The molecule has 1 aliphatic carbocycles. The molecule has 4 heteroatoms. The number of pyridine rings is 1. The van der Waals surface area contributed by atoms with Crippen LogP contribution in [0.2, 0.25) is 0 Å². The van der Waals surface area contributed by atoms with Crippen molar-refractivity contribution in [3.8, 4) is 0 Å². The molecule has 1 heterocycles. The maximum Gasteiger partial charge on any atom is 0.237 e. The summed E-state index contributed by atoms with van der Waals surface area (Å²) in [6, 6.07) is 5.29. The van der Waals surface area contributed by atoms with Gasteiger partial charge in [-0.1, -0.05) is 38.2 Å². The summed E-state index contributed by atoms with van der Waals surface area (Å²) in [6.07, 6.45) is 8.89. The number of hydrogen-bond acceptors (Lipinski definition) is 3. The molecule has 1 saturated carbocycles. The molecule has 0 radical (unpaired) electrons. The molecule has 1 aliphatic rings. The highest BCUT2D eigenvalue weighted by Crippen LogP contribution is 2.26. The largest absolute Gasteiger partial charge is 0.349 e. The summed E-state index contributed by atoms with van der Waals surface area (Å²) in [5.41, 5.74) is 6.84. The van der Waals surface area contributed by atoms with Gasteiger partial charge in [-0.15, -0.1) is 0 Å². The van der Waals surface area contributed by atoms with E-state index in [1.165, 1.54) is 32.1 Å². The van der Waals surface area contributed by atoms with E-state index >= 15 is 0 Å². The van der Waals surface area contributed by atoms with Gasteiger partial charge in [-0.05, 0) is 24.5 Å². The topological polar surface area (TPSA) is 68.0 Å². The van der Waals surface area contributed by atoms with E-state index in [2.05, 4.69) is 10.3 Å². The molecule has 0 aliphatic heterocycles. The van der Waals surface area contributed by atoms with Crippen molar-refractivity contribution in [2.45, 2.75) is 51.1 Å². The molecule has 1 amide bonds. The average molecular weight is 261 g/mol. The summed E-state index contributed by atoms with van der Waals surface area (Å²) in [7, 11) is 0. The number of nitrogens with one attached hydrogen (secondary N) is 1. The second-order valence-corrected chi connectivity index (χ2v) is 5.39. The first kappa shape index (κ1) is 14.0. The van der Waals surface area contributed by atoms with E-state index in [-0.39, 0.29) is 11.9 Å². The second kappa shape index (κ2) is 7.24. The van der Waals surface area contributed by atoms with Gasteiger partial charge in [0.05, 0.1) is 18.3 Å². The Kier molecular flexibility index (Phi) is 5.33. The van der Waals surface area contributed by atoms with E-state index in [1.807, 2.05) is 18.2 Å². The number of carbonyl (C=O) groups is 1. The molecule has 0 saturated heterocycles. The maximum absolute atomic E-state index is 11.9. The Labute approximate surface area is 114 Å². The quantitative estimate of drug-likeness (QED) is 0.851. The minimum atomic E-state index is -0.383. The van der Waals surface area contributed by atoms with Crippen LogP contribution in [0, 0.1) is 5.92 Å². The van der Waals surface area contributed by atoms with Gasteiger partial charge in [-0.2, -0.15) is 0 Å². The van der Waals surface area contributed by atoms with Crippen molar-refractivity contribution in [1.82, 2.24) is 10.3 Å². The lowest BCUT2D eigenvalue weighted by atomic mass is 9.85. The van der Waals surface area contributed by atoms with Gasteiger partial charge in [0.1, 0.15) is 0 Å². The van der Waals surface area contributed by atoms with Crippen LogP contribution in [0.5, 0.6) is 0 Å². The van der Waals surface area contributed by atoms with Crippen molar-refractivity contribution in [3.63, 3.8) is 0 Å². The van der Waals surface area contributed by atoms with E-state index in [1.54, 1.807) is 6.20 Å². The van der Waals surface area contributed by atoms with Gasteiger partial charge in [-0.25, -0.2) is 0 Å². The highest BCUT2D eigenvalue weighted by atomic mass is 16.2. The Hall–Kier alpha value is -1.42. The van der Waals surface area contributed by atoms with Crippen LogP contribution in [0.4, 0.5) is 0 Å². The van der Waals surface area contributed by atoms with Crippen LogP contribution in [0.25, 0.3) is 0 Å². The first-order valence-electron chi connectivity index (χ1n) is 7.19. The molecule has 2 rings (SSSR count). The predicted octanol–water partition coefficient (Wildman–Crippen LogP) is 2.00. The van der Waals surface area contributed by atoms with E-state index in [0.717, 1.165) is 12.1 Å². The van der Waals surface area contributed by atoms with Gasteiger partial charge in [-0.3, -0.25) is 9.78 Å². The summed E-state index contributed by atoms with van der Waals surface area (Å²) < 4.78 is 0. The molecular weight excluding hydrogens is 238 g/mol. The third-order valence-electron chi connectivity index (χ3n) is 3.82. The minimum Gasteiger partial charge on any atom is -0.349 e. The monoisotopic (exact) mass is 261 g/mol. The fourth-order valence-corrected chi connectivity index (χ4v) is 2.70. The average Bonchev–Trinajstić information content (AvgIpc) is 2.47. The van der Waals surface area contributed by atoms with E-state index < -0.39 is 0 Å². The molecule has 19 heavy (non-hydrogen) atoms. The lowest BCUT2D eigenvalue weighted by Crippen LogP contribution is -2.41. The fourth-order valence-electron chi connectivity index (χ4n) is 2.70. The molecule has 1 aromatic heterocycles. The van der Waals surface area contributed by atoms with Gasteiger partial charge in [0.2, 0.25) is 5.91 Å². The van der Waals surface area contributed by atoms with Gasteiger partial charge in [0.25, 0.3) is 0 Å². The zero-order chi connectivity index (χ0) is 13.5. The number of rotatable bonds is 5. The molecule has 0 spiro atoms. The SMILES string of the molecule is NC(CC1CCCCC1)C(=O)NCc1ccccn1. The van der Waals surface area contributed by atoms with Crippen LogP contribution in [0.15, 0.2) is 24.4 Å². The molecule has 1 fully saturated rings. The van der Waals surface area contributed by atoms with Crippen molar-refractivity contribution in [2.24, 2.45) is 11.7 Å². The highest BCUT2D eigenvalue weighted by molar-refractivity contribution is 5.81. The summed E-state index contributed by atoms with van der Waals surface area (Å²) in [4.78, 5) is 16.1. The van der Waals surface area contributed by atoms with Crippen LogP contribution < -0.4 is 11.1 Å². The Balaban J connectivity index is 1.72. The van der Waals surface area contributed by atoms with Gasteiger partial charge in [0.15, 0.2) is 0 Å². The minimum absolute atomic E-state index is 0.0590. The Bertz CT molecular complexity index is 388. The molecule has 1 aromatic rings. The van der Waals surface area contributed by atoms with Crippen molar-refractivity contribution in [3.05, 3.63) is 30.1 Å². The maximum atomic E-state index is 11.9. The molecule has 4 nitrogen and oxygen atoms in total. The van der Waals surface area contributed by atoms with Gasteiger partial charge in [0, 0.05) is 6.20 Å². The third kappa shape index (κ3) is 4.63. The van der Waals surface area contributed by atoms with E-state index in [0.29, 0.717) is 12.5 Å². The van der Waals surface area contributed by atoms with E-state index in [4.69, 9.17) is 5.73 Å². The third-order valence-corrected chi connectivity index (χ3v) is 3.82. The Morgan fingerprint density at radius 2 is 2.16 bits per heavy atom. The second-order valence-electron chi connectivity index (χ2n) is 5.39. The summed E-state index contributed by atoms with van der Waals surface area (Å²) in [5, 5.41) is 2.86. The molecule has 3 N–H and O–H groups in total. The van der Waals surface area contributed by atoms with Crippen molar-refractivity contribution in [1.29, 1.82) is 0 Å². The van der Waals surface area contributed by atoms with Crippen molar-refractivity contribution in [2.75, 3.05) is 0 Å². The molecular formula is C15H23N3O. The normalized spacial score (nSPS) is 17.9. The lowest BCUT2D eigenvalue weighted by Gasteiger charge is -2.24. The summed E-state index contributed by atoms with van der Waals surface area (Å²) in [5.74, 6) is 0.570. The van der Waals surface area contributed by atoms with Crippen LogP contribution in [0.3, 0.4) is 0 Å². The number of nitrogens with zero attached hydrogens (tertiary/aromatic N) is 1. The van der Waals surface area contributed by atoms with Gasteiger partial charge < -0.3 is 11.1 Å². The van der Waals surface area contributed by atoms with Crippen LogP contribution >= 0.6 is 0 Å². The van der Waals surface area contributed by atoms with Crippen LogP contribution in [0.1, 0.15) is 44.2 Å². The molecule has 0 aromatic carbocycles. The first-order valence-corrected chi connectivity index (χ1v) is 7.19. The van der Waals surface area contributed by atoms with Crippen LogP contribution in [-0.2, 0) is 11.3 Å². The number of aromatic nitrogens is 1. The fraction of sp³-hybridized carbons (Fsp3) is 0.600. The van der Waals surface area contributed by atoms with Crippen molar-refractivity contribution >= 4 is 5.91 Å². The smallest absolute Gasteiger partial charge is 0.237 e. The van der Waals surface area contributed by atoms with E-state index in [9.17, 15) is 4.79 Å².